The fraction of sp³-hybridized carbons (Fsp3) is 0.217. The van der Waals surface area contributed by atoms with Crippen molar-refractivity contribution in [2.24, 2.45) is 0 Å². The molecule has 2 aromatic carbocycles. The number of methoxy groups -OCH3 is 3. The zero-order chi connectivity index (χ0) is 22.2. The molecule has 0 fully saturated rings. The molecule has 0 radical (unpaired) electrons. The van der Waals surface area contributed by atoms with Gasteiger partial charge >= 0.3 is 0 Å². The van der Waals surface area contributed by atoms with Crippen LogP contribution in [0.1, 0.15) is 11.1 Å². The summed E-state index contributed by atoms with van der Waals surface area (Å²) in [4.78, 5) is 12.3. The highest BCUT2D eigenvalue weighted by Gasteiger charge is 2.07. The van der Waals surface area contributed by atoms with Crippen LogP contribution >= 0.6 is 15.9 Å². The molecule has 31 heavy (non-hydrogen) atoms. The van der Waals surface area contributed by atoms with Crippen molar-refractivity contribution >= 4 is 33.6 Å². The maximum absolute atomic E-state index is 12.3. The minimum absolute atomic E-state index is 0.249. The lowest BCUT2D eigenvalue weighted by Gasteiger charge is -2.09. The van der Waals surface area contributed by atoms with Gasteiger partial charge in [0.25, 0.3) is 0 Å². The molecule has 0 saturated carbocycles. The number of benzene rings is 2. The Hall–Kier alpha value is -3.26. The summed E-state index contributed by atoms with van der Waals surface area (Å²) < 4.78 is 18.6. The number of aromatic nitrogens is 2. The zero-order valence-electron chi connectivity index (χ0n) is 17.6. The Bertz CT molecular complexity index is 1080. The Morgan fingerprint density at radius 2 is 1.81 bits per heavy atom. The number of hydrogen-bond donors (Lipinski definition) is 1. The number of aryl methyl sites for hydroxylation is 2. The lowest BCUT2D eigenvalue weighted by Crippen LogP contribution is -2.07. The summed E-state index contributed by atoms with van der Waals surface area (Å²) in [5.74, 6) is 1.84. The minimum atomic E-state index is -0.249. The van der Waals surface area contributed by atoms with E-state index < -0.39 is 0 Å². The van der Waals surface area contributed by atoms with Crippen LogP contribution in [0.5, 0.6) is 17.2 Å². The number of amides is 1. The van der Waals surface area contributed by atoms with E-state index in [4.69, 9.17) is 14.2 Å². The van der Waals surface area contributed by atoms with Gasteiger partial charge in [-0.3, -0.25) is 9.48 Å². The van der Waals surface area contributed by atoms with Crippen LogP contribution in [0, 0.1) is 0 Å². The molecular formula is C23H24BrN3O4. The first kappa shape index (κ1) is 22.4. The first-order valence-electron chi connectivity index (χ1n) is 9.58. The molecule has 0 aliphatic carbocycles. The van der Waals surface area contributed by atoms with Crippen LogP contribution in [0.4, 0.5) is 5.69 Å². The standard InChI is InChI=1S/C23H24BrN3O4/c1-29-20-8-6-18(24)13-17(20)5-9-23(28)26-19-14-25-27(15-19)11-10-16-4-7-21(30-2)22(12-16)31-3/h4-9,12-15H,10-11H2,1-3H3,(H,26,28). The van der Waals surface area contributed by atoms with E-state index in [2.05, 4.69) is 26.3 Å². The number of ether oxygens (including phenoxy) is 3. The fourth-order valence-corrected chi connectivity index (χ4v) is 3.39. The van der Waals surface area contributed by atoms with E-state index in [-0.39, 0.29) is 5.91 Å². The summed E-state index contributed by atoms with van der Waals surface area (Å²) in [5, 5.41) is 7.13. The Morgan fingerprint density at radius 3 is 2.55 bits per heavy atom. The van der Waals surface area contributed by atoms with Gasteiger partial charge in [0.15, 0.2) is 11.5 Å². The van der Waals surface area contributed by atoms with Crippen molar-refractivity contribution in [2.75, 3.05) is 26.6 Å². The van der Waals surface area contributed by atoms with Crippen LogP contribution in [0.25, 0.3) is 6.08 Å². The van der Waals surface area contributed by atoms with Crippen LogP contribution in [-0.2, 0) is 17.8 Å². The van der Waals surface area contributed by atoms with Crippen molar-refractivity contribution in [3.63, 3.8) is 0 Å². The number of anilines is 1. The molecule has 1 heterocycles. The van der Waals surface area contributed by atoms with Crippen LogP contribution in [-0.4, -0.2) is 37.0 Å². The van der Waals surface area contributed by atoms with Gasteiger partial charge in [-0.1, -0.05) is 22.0 Å². The molecule has 1 amide bonds. The van der Waals surface area contributed by atoms with Crippen molar-refractivity contribution in [1.82, 2.24) is 9.78 Å². The Labute approximate surface area is 189 Å². The number of halogens is 1. The average Bonchev–Trinajstić information content (AvgIpc) is 3.23. The number of carbonyl (C=O) groups is 1. The van der Waals surface area contributed by atoms with Crippen molar-refractivity contribution in [3.05, 3.63) is 70.5 Å². The summed E-state index contributed by atoms with van der Waals surface area (Å²) in [5.41, 5.74) is 2.53. The molecule has 162 valence electrons. The van der Waals surface area contributed by atoms with Crippen LogP contribution in [0.3, 0.4) is 0 Å². The normalized spacial score (nSPS) is 10.8. The zero-order valence-corrected chi connectivity index (χ0v) is 19.2. The lowest BCUT2D eigenvalue weighted by atomic mass is 10.1. The summed E-state index contributed by atoms with van der Waals surface area (Å²) >= 11 is 3.42. The van der Waals surface area contributed by atoms with Crippen LogP contribution in [0.15, 0.2) is 59.3 Å². The molecule has 0 aliphatic heterocycles. The van der Waals surface area contributed by atoms with Gasteiger partial charge in [-0.15, -0.1) is 0 Å². The van der Waals surface area contributed by atoms with Gasteiger partial charge in [0.1, 0.15) is 5.75 Å². The van der Waals surface area contributed by atoms with E-state index in [1.807, 2.05) is 36.4 Å². The molecule has 0 unspecified atom stereocenters. The monoisotopic (exact) mass is 485 g/mol. The van der Waals surface area contributed by atoms with Gasteiger partial charge in [-0.05, 0) is 48.4 Å². The molecule has 3 rings (SSSR count). The van der Waals surface area contributed by atoms with Gasteiger partial charge < -0.3 is 19.5 Å². The predicted octanol–water partition coefficient (Wildman–Crippen LogP) is 4.57. The summed E-state index contributed by atoms with van der Waals surface area (Å²) in [7, 11) is 4.82. The number of nitrogens with one attached hydrogen (secondary N) is 1. The molecule has 0 saturated heterocycles. The van der Waals surface area contributed by atoms with E-state index in [0.29, 0.717) is 29.5 Å². The molecule has 3 aromatic rings. The maximum Gasteiger partial charge on any atom is 0.248 e. The van der Waals surface area contributed by atoms with E-state index in [1.54, 1.807) is 44.5 Å². The van der Waals surface area contributed by atoms with Crippen LogP contribution in [0.2, 0.25) is 0 Å². The second-order valence-corrected chi connectivity index (χ2v) is 7.56. The number of hydrogen-bond acceptors (Lipinski definition) is 5. The molecule has 8 heteroatoms. The third kappa shape index (κ3) is 6.11. The second-order valence-electron chi connectivity index (χ2n) is 6.64. The number of nitrogens with zero attached hydrogens (tertiary/aromatic N) is 2. The van der Waals surface area contributed by atoms with E-state index >= 15 is 0 Å². The third-order valence-electron chi connectivity index (χ3n) is 4.58. The largest absolute Gasteiger partial charge is 0.496 e. The molecule has 0 bridgehead atoms. The van der Waals surface area contributed by atoms with E-state index in [0.717, 1.165) is 22.0 Å². The predicted molar refractivity (Wildman–Crippen MR) is 124 cm³/mol. The van der Waals surface area contributed by atoms with Crippen molar-refractivity contribution in [2.45, 2.75) is 13.0 Å². The SMILES string of the molecule is COc1ccc(Br)cc1C=CC(=O)Nc1cnn(CCc2ccc(OC)c(OC)c2)c1. The summed E-state index contributed by atoms with van der Waals surface area (Å²) in [6.07, 6.45) is 7.36. The Balaban J connectivity index is 1.57. The Kier molecular flexibility index (Phi) is 7.72. The molecule has 0 atom stereocenters. The minimum Gasteiger partial charge on any atom is -0.496 e. The quantitative estimate of drug-likeness (QED) is 0.449. The van der Waals surface area contributed by atoms with Crippen LogP contribution < -0.4 is 19.5 Å². The van der Waals surface area contributed by atoms with Gasteiger partial charge in [0.2, 0.25) is 5.91 Å². The maximum atomic E-state index is 12.3. The van der Waals surface area contributed by atoms with Crippen molar-refractivity contribution < 1.29 is 19.0 Å². The molecule has 0 spiro atoms. The highest BCUT2D eigenvalue weighted by atomic mass is 79.9. The average molecular weight is 486 g/mol. The van der Waals surface area contributed by atoms with Gasteiger partial charge in [-0.2, -0.15) is 5.10 Å². The Morgan fingerprint density at radius 1 is 1.06 bits per heavy atom. The van der Waals surface area contributed by atoms with E-state index in [9.17, 15) is 4.79 Å². The van der Waals surface area contributed by atoms with Crippen molar-refractivity contribution in [3.8, 4) is 17.2 Å². The summed E-state index contributed by atoms with van der Waals surface area (Å²) in [6.45, 7) is 0.663. The number of rotatable bonds is 9. The number of carbonyl (C=O) groups excluding carboxylic acids is 1. The highest BCUT2D eigenvalue weighted by Crippen LogP contribution is 2.28. The molecular weight excluding hydrogens is 462 g/mol. The fourth-order valence-electron chi connectivity index (χ4n) is 3.02. The molecule has 0 aliphatic rings. The molecule has 1 aromatic heterocycles. The topological polar surface area (TPSA) is 74.6 Å². The smallest absolute Gasteiger partial charge is 0.248 e. The van der Waals surface area contributed by atoms with Gasteiger partial charge in [-0.25, -0.2) is 0 Å². The first-order valence-corrected chi connectivity index (χ1v) is 10.4. The van der Waals surface area contributed by atoms with E-state index in [1.165, 1.54) is 6.08 Å². The lowest BCUT2D eigenvalue weighted by molar-refractivity contribution is -0.111. The van der Waals surface area contributed by atoms with Crippen molar-refractivity contribution in [1.29, 1.82) is 0 Å². The highest BCUT2D eigenvalue weighted by molar-refractivity contribution is 9.10. The first-order chi connectivity index (χ1) is 15.0. The molecule has 7 nitrogen and oxygen atoms in total. The third-order valence-corrected chi connectivity index (χ3v) is 5.08. The van der Waals surface area contributed by atoms with Gasteiger partial charge in [0.05, 0.1) is 33.2 Å². The molecule has 1 N–H and O–H groups in total. The van der Waals surface area contributed by atoms with Gasteiger partial charge in [0, 0.05) is 28.9 Å². The second kappa shape index (κ2) is 10.7. The summed E-state index contributed by atoms with van der Waals surface area (Å²) in [6, 6.07) is 11.4.